The number of halogens is 4. The number of alkyl halides is 3. The van der Waals surface area contributed by atoms with Gasteiger partial charge in [0.05, 0.1) is 5.92 Å². The Hall–Kier alpha value is -2.52. The van der Waals surface area contributed by atoms with Crippen molar-refractivity contribution in [3.05, 3.63) is 23.5 Å². The Kier molecular flexibility index (Phi) is 6.27. The van der Waals surface area contributed by atoms with Crippen molar-refractivity contribution in [3.63, 3.8) is 0 Å². The summed E-state index contributed by atoms with van der Waals surface area (Å²) in [6.07, 6.45) is -5.66. The van der Waals surface area contributed by atoms with Crippen LogP contribution in [0.1, 0.15) is 31.2 Å². The number of ether oxygens (including phenoxy) is 1. The number of nitrogens with zero attached hydrogens (tertiary/aromatic N) is 1. The van der Waals surface area contributed by atoms with E-state index >= 15 is 0 Å². The molecule has 0 radical (unpaired) electrons. The van der Waals surface area contributed by atoms with Crippen LogP contribution >= 0.6 is 0 Å². The first kappa shape index (κ1) is 19.8. The molecule has 2 amide bonds. The van der Waals surface area contributed by atoms with Gasteiger partial charge in [0.25, 0.3) is 6.43 Å². The number of carbonyl (C=O) groups is 2. The molecule has 0 aliphatic carbocycles. The van der Waals surface area contributed by atoms with E-state index < -0.39 is 42.2 Å². The summed E-state index contributed by atoms with van der Waals surface area (Å²) < 4.78 is 56.5. The zero-order valence-corrected chi connectivity index (χ0v) is 14.0. The molecule has 1 heterocycles. The predicted molar refractivity (Wildman–Crippen MR) is 85.5 cm³/mol. The van der Waals surface area contributed by atoms with Crippen molar-refractivity contribution in [3.8, 4) is 5.75 Å². The lowest BCUT2D eigenvalue weighted by Crippen LogP contribution is -2.39. The van der Waals surface area contributed by atoms with Gasteiger partial charge in [0.15, 0.2) is 11.6 Å². The van der Waals surface area contributed by atoms with Gasteiger partial charge in [-0.3, -0.25) is 4.79 Å². The van der Waals surface area contributed by atoms with E-state index in [2.05, 4.69) is 4.74 Å². The molecule has 0 aromatic heterocycles. The lowest BCUT2D eigenvalue weighted by molar-refractivity contribution is -0.126. The van der Waals surface area contributed by atoms with Crippen LogP contribution in [0.15, 0.2) is 12.1 Å². The zero-order valence-electron chi connectivity index (χ0n) is 14.0. The summed E-state index contributed by atoms with van der Waals surface area (Å²) in [6, 6.07) is 2.19. The maximum atomic E-state index is 14.2. The Morgan fingerprint density at radius 1 is 1.23 bits per heavy atom. The number of amides is 2. The van der Waals surface area contributed by atoms with Crippen molar-refractivity contribution in [2.75, 3.05) is 18.0 Å². The highest BCUT2D eigenvalue weighted by atomic mass is 19.3. The SMILES string of the molecule is CC(C(=O)NC(F)C(F)F)c1cc(F)c(OC(N)=O)cc1N1CCCC1. The van der Waals surface area contributed by atoms with Crippen molar-refractivity contribution in [2.24, 2.45) is 5.73 Å². The molecule has 1 saturated heterocycles. The van der Waals surface area contributed by atoms with E-state index in [-0.39, 0.29) is 5.56 Å². The van der Waals surface area contributed by atoms with Crippen molar-refractivity contribution >= 4 is 17.7 Å². The molecule has 1 aliphatic rings. The Balaban J connectivity index is 2.37. The van der Waals surface area contributed by atoms with Crippen LogP contribution in [0.3, 0.4) is 0 Å². The van der Waals surface area contributed by atoms with E-state index in [9.17, 15) is 27.2 Å². The maximum Gasteiger partial charge on any atom is 0.410 e. The van der Waals surface area contributed by atoms with Crippen LogP contribution in [-0.2, 0) is 4.79 Å². The normalized spacial score (nSPS) is 16.5. The summed E-state index contributed by atoms with van der Waals surface area (Å²) >= 11 is 0. The van der Waals surface area contributed by atoms with Gasteiger partial charge in [-0.15, -0.1) is 0 Å². The molecule has 1 aliphatic heterocycles. The number of benzene rings is 1. The van der Waals surface area contributed by atoms with Crippen LogP contribution in [0.5, 0.6) is 5.75 Å². The standard InChI is InChI=1S/C16H19F4N3O3/c1-8(15(24)22-14(20)13(18)19)9-6-10(17)12(26-16(21)25)7-11(9)23-4-2-3-5-23/h6-8,13-14H,2-5H2,1H3,(H2,21,25)(H,22,24). The highest BCUT2D eigenvalue weighted by Crippen LogP contribution is 2.35. The minimum absolute atomic E-state index is 0.167. The number of primary amides is 1. The average molecular weight is 377 g/mol. The molecule has 2 unspecified atom stereocenters. The van der Waals surface area contributed by atoms with Crippen molar-refractivity contribution in [2.45, 2.75) is 38.4 Å². The van der Waals surface area contributed by atoms with Crippen LogP contribution in [0.4, 0.5) is 28.0 Å². The van der Waals surface area contributed by atoms with Crippen molar-refractivity contribution < 1.29 is 31.9 Å². The van der Waals surface area contributed by atoms with Gasteiger partial charge in [-0.2, -0.15) is 0 Å². The van der Waals surface area contributed by atoms with Gasteiger partial charge in [0.2, 0.25) is 12.2 Å². The number of hydrogen-bond donors (Lipinski definition) is 2. The minimum Gasteiger partial charge on any atom is -0.407 e. The highest BCUT2D eigenvalue weighted by molar-refractivity contribution is 5.86. The topological polar surface area (TPSA) is 84.7 Å². The lowest BCUT2D eigenvalue weighted by atomic mass is 9.97. The highest BCUT2D eigenvalue weighted by Gasteiger charge is 2.29. The molecule has 144 valence electrons. The smallest absolute Gasteiger partial charge is 0.407 e. The summed E-state index contributed by atoms with van der Waals surface area (Å²) in [5.74, 6) is -3.49. The van der Waals surface area contributed by atoms with E-state index in [1.165, 1.54) is 13.0 Å². The first-order chi connectivity index (χ1) is 12.2. The molecule has 10 heteroatoms. The number of carbonyl (C=O) groups excluding carboxylic acids is 2. The summed E-state index contributed by atoms with van der Waals surface area (Å²) in [7, 11) is 0. The monoisotopic (exact) mass is 377 g/mol. The van der Waals surface area contributed by atoms with Gasteiger partial charge in [0.1, 0.15) is 0 Å². The summed E-state index contributed by atoms with van der Waals surface area (Å²) in [4.78, 5) is 24.8. The molecule has 1 aromatic rings. The van der Waals surface area contributed by atoms with E-state index in [0.717, 1.165) is 18.9 Å². The fourth-order valence-electron chi connectivity index (χ4n) is 2.79. The van der Waals surface area contributed by atoms with Crippen molar-refractivity contribution in [1.29, 1.82) is 0 Å². The third-order valence-corrected chi connectivity index (χ3v) is 4.10. The molecular formula is C16H19F4N3O3. The van der Waals surface area contributed by atoms with Crippen LogP contribution < -0.4 is 20.7 Å². The Morgan fingerprint density at radius 3 is 2.38 bits per heavy atom. The largest absolute Gasteiger partial charge is 0.410 e. The van der Waals surface area contributed by atoms with Crippen LogP contribution in [0, 0.1) is 5.82 Å². The number of nitrogens with one attached hydrogen (secondary N) is 1. The molecule has 1 aromatic carbocycles. The Labute approximate surface area is 147 Å². The molecule has 0 saturated carbocycles. The molecule has 26 heavy (non-hydrogen) atoms. The van der Waals surface area contributed by atoms with Crippen molar-refractivity contribution in [1.82, 2.24) is 5.32 Å². The minimum atomic E-state index is -3.37. The second-order valence-corrected chi connectivity index (χ2v) is 5.92. The molecule has 1 fully saturated rings. The molecule has 3 N–H and O–H groups in total. The molecule has 2 rings (SSSR count). The second-order valence-electron chi connectivity index (χ2n) is 5.92. The third kappa shape index (κ3) is 4.55. The number of anilines is 1. The number of hydrogen-bond acceptors (Lipinski definition) is 4. The van der Waals surface area contributed by atoms with Crippen LogP contribution in [-0.4, -0.2) is 37.8 Å². The Morgan fingerprint density at radius 2 is 1.85 bits per heavy atom. The van der Waals surface area contributed by atoms with Gasteiger partial charge in [-0.1, -0.05) is 0 Å². The summed E-state index contributed by atoms with van der Waals surface area (Å²) in [5, 5.41) is 1.56. The van der Waals surface area contributed by atoms with Gasteiger partial charge in [0, 0.05) is 24.8 Å². The quantitative estimate of drug-likeness (QED) is 0.590. The van der Waals surface area contributed by atoms with E-state index in [0.29, 0.717) is 18.8 Å². The lowest BCUT2D eigenvalue weighted by Gasteiger charge is -2.25. The Bertz CT molecular complexity index is 681. The predicted octanol–water partition coefficient (Wildman–Crippen LogP) is 2.66. The van der Waals surface area contributed by atoms with E-state index in [1.54, 1.807) is 5.32 Å². The molecule has 2 atom stereocenters. The molecule has 6 nitrogen and oxygen atoms in total. The maximum absolute atomic E-state index is 14.2. The third-order valence-electron chi connectivity index (χ3n) is 4.10. The van der Waals surface area contributed by atoms with E-state index in [1.807, 2.05) is 4.90 Å². The first-order valence-corrected chi connectivity index (χ1v) is 7.99. The number of nitrogens with two attached hydrogens (primary N) is 1. The second kappa shape index (κ2) is 8.24. The van der Waals surface area contributed by atoms with Gasteiger partial charge in [-0.05, 0) is 31.4 Å². The zero-order chi connectivity index (χ0) is 19.4. The van der Waals surface area contributed by atoms with Gasteiger partial charge < -0.3 is 20.7 Å². The van der Waals surface area contributed by atoms with Gasteiger partial charge in [-0.25, -0.2) is 22.4 Å². The first-order valence-electron chi connectivity index (χ1n) is 7.99. The average Bonchev–Trinajstić information content (AvgIpc) is 3.09. The van der Waals surface area contributed by atoms with Gasteiger partial charge >= 0.3 is 6.09 Å². The molecule has 0 bridgehead atoms. The van der Waals surface area contributed by atoms with Crippen LogP contribution in [0.2, 0.25) is 0 Å². The summed E-state index contributed by atoms with van der Waals surface area (Å²) in [6.45, 7) is 2.58. The van der Waals surface area contributed by atoms with Crippen LogP contribution in [0.25, 0.3) is 0 Å². The number of rotatable bonds is 6. The van der Waals surface area contributed by atoms with E-state index in [4.69, 9.17) is 5.73 Å². The fourth-order valence-corrected chi connectivity index (χ4v) is 2.79. The molecule has 0 spiro atoms. The summed E-state index contributed by atoms with van der Waals surface area (Å²) in [5.41, 5.74) is 5.47. The fraction of sp³-hybridized carbons (Fsp3) is 0.500. The molecular weight excluding hydrogens is 358 g/mol.